The molecule has 186 valence electrons. The third kappa shape index (κ3) is 5.34. The zero-order valence-electron chi connectivity index (χ0n) is 21.4. The van der Waals surface area contributed by atoms with Gasteiger partial charge in [0.05, 0.1) is 11.1 Å². The Kier molecular flexibility index (Phi) is 7.57. The van der Waals surface area contributed by atoms with E-state index in [1.807, 2.05) is 89.9 Å². The predicted octanol–water partition coefficient (Wildman–Crippen LogP) is 5.21. The Hall–Kier alpha value is -3.75. The molecule has 2 aromatic heterocycles. The molecule has 0 aliphatic rings. The van der Waals surface area contributed by atoms with Gasteiger partial charge in [-0.05, 0) is 37.8 Å². The van der Waals surface area contributed by atoms with Gasteiger partial charge in [-0.15, -0.1) is 0 Å². The Labute approximate surface area is 207 Å². The number of carbonyl (C=O) groups is 1. The number of nitrogens with zero attached hydrogens (tertiary/aromatic N) is 5. The molecule has 0 bridgehead atoms. The number of rotatable bonds is 9. The summed E-state index contributed by atoms with van der Waals surface area (Å²) in [5.74, 6) is 2.36. The minimum atomic E-state index is -1.06. The topological polar surface area (TPSA) is 116 Å². The summed E-state index contributed by atoms with van der Waals surface area (Å²) >= 11 is 0. The van der Waals surface area contributed by atoms with E-state index in [2.05, 4.69) is 20.6 Å². The van der Waals surface area contributed by atoms with Gasteiger partial charge in [-0.1, -0.05) is 58.0 Å². The Morgan fingerprint density at radius 1 is 0.914 bits per heavy atom. The summed E-state index contributed by atoms with van der Waals surface area (Å²) in [6.45, 7) is 12.0. The zero-order chi connectivity index (χ0) is 25.8. The van der Waals surface area contributed by atoms with E-state index in [1.165, 1.54) is 0 Å². The molecular formula is C26H35N7O2. The lowest BCUT2D eigenvalue weighted by Crippen LogP contribution is -2.70. The summed E-state index contributed by atoms with van der Waals surface area (Å²) in [7, 11) is 1.88. The van der Waals surface area contributed by atoms with Crippen LogP contribution in [0.1, 0.15) is 41.5 Å². The second-order valence-corrected chi connectivity index (χ2v) is 9.76. The Balaban J connectivity index is 1.92. The fourth-order valence-corrected chi connectivity index (χ4v) is 5.09. The Morgan fingerprint density at radius 2 is 1.49 bits per heavy atom. The Morgan fingerprint density at radius 3 is 2.06 bits per heavy atom. The average Bonchev–Trinajstić information content (AvgIpc) is 2.82. The van der Waals surface area contributed by atoms with Crippen molar-refractivity contribution >= 4 is 23.7 Å². The van der Waals surface area contributed by atoms with Crippen molar-refractivity contribution in [2.75, 3.05) is 17.3 Å². The minimum Gasteiger partial charge on any atom is -0.465 e. The van der Waals surface area contributed by atoms with Crippen molar-refractivity contribution in [2.24, 2.45) is 11.8 Å². The molecule has 0 fully saturated rings. The van der Waals surface area contributed by atoms with Gasteiger partial charge < -0.3 is 20.6 Å². The molecule has 0 saturated heterocycles. The summed E-state index contributed by atoms with van der Waals surface area (Å²) in [6, 6.07) is 13.4. The maximum absolute atomic E-state index is 11.8. The summed E-state index contributed by atoms with van der Waals surface area (Å²) < 4.78 is 0. The van der Waals surface area contributed by atoms with Crippen LogP contribution in [0.25, 0.3) is 11.4 Å². The van der Waals surface area contributed by atoms with Gasteiger partial charge in [-0.25, -0.2) is 19.7 Å². The lowest BCUT2D eigenvalue weighted by atomic mass is 9.65. The summed E-state index contributed by atoms with van der Waals surface area (Å²) in [5.41, 5.74) is -0.555. The zero-order valence-corrected chi connectivity index (χ0v) is 21.4. The highest BCUT2D eigenvalue weighted by Crippen LogP contribution is 2.38. The number of nitrogens with one attached hydrogen (secondary N) is 2. The van der Waals surface area contributed by atoms with Crippen molar-refractivity contribution in [3.63, 3.8) is 0 Å². The van der Waals surface area contributed by atoms with Crippen LogP contribution in [0.15, 0.2) is 54.9 Å². The number of benzene rings is 1. The summed E-state index contributed by atoms with van der Waals surface area (Å²) in [5, 5.41) is 15.8. The van der Waals surface area contributed by atoms with Gasteiger partial charge >= 0.3 is 6.09 Å². The highest BCUT2D eigenvalue weighted by atomic mass is 16.4. The normalized spacial score (nSPS) is 12.0. The van der Waals surface area contributed by atoms with Gasteiger partial charge in [0.2, 0.25) is 5.95 Å². The standard InChI is InChI=1S/C26H35N7O2/c1-17(2)26(18(3)4,32-24(34)35)25(5,6)31-23-28-16-14-21(30-23)33(7)20-13-15-27-22(29-20)19-11-9-8-10-12-19/h8-18,32H,1-7H3,(H,34,35)(H,28,30,31). The fraction of sp³-hybridized carbons (Fsp3) is 0.423. The highest BCUT2D eigenvalue weighted by Gasteiger charge is 2.51. The third-order valence-corrected chi connectivity index (χ3v) is 6.59. The largest absolute Gasteiger partial charge is 0.465 e. The maximum Gasteiger partial charge on any atom is 0.405 e. The number of aromatic nitrogens is 4. The van der Waals surface area contributed by atoms with Crippen molar-refractivity contribution in [1.29, 1.82) is 0 Å². The molecule has 0 aliphatic heterocycles. The van der Waals surface area contributed by atoms with E-state index in [0.29, 0.717) is 23.4 Å². The van der Waals surface area contributed by atoms with Gasteiger partial charge in [0.1, 0.15) is 11.6 Å². The van der Waals surface area contributed by atoms with E-state index in [0.717, 1.165) is 5.56 Å². The van der Waals surface area contributed by atoms with Gasteiger partial charge in [-0.3, -0.25) is 0 Å². The first kappa shape index (κ1) is 25.9. The molecule has 35 heavy (non-hydrogen) atoms. The van der Waals surface area contributed by atoms with Gasteiger partial charge in [0.25, 0.3) is 0 Å². The molecule has 0 aliphatic carbocycles. The monoisotopic (exact) mass is 477 g/mol. The van der Waals surface area contributed by atoms with Crippen LogP contribution in [0.5, 0.6) is 0 Å². The van der Waals surface area contributed by atoms with E-state index >= 15 is 0 Å². The molecule has 1 amide bonds. The average molecular weight is 478 g/mol. The first-order valence-corrected chi connectivity index (χ1v) is 11.7. The summed E-state index contributed by atoms with van der Waals surface area (Å²) in [4.78, 5) is 31.9. The van der Waals surface area contributed by atoms with E-state index in [4.69, 9.17) is 9.97 Å². The van der Waals surface area contributed by atoms with E-state index in [1.54, 1.807) is 18.5 Å². The second-order valence-electron chi connectivity index (χ2n) is 9.76. The van der Waals surface area contributed by atoms with Gasteiger partial charge in [0, 0.05) is 25.0 Å². The number of anilines is 3. The first-order valence-electron chi connectivity index (χ1n) is 11.7. The number of carboxylic acid groups (broad SMARTS) is 1. The number of hydrogen-bond acceptors (Lipinski definition) is 7. The molecule has 9 nitrogen and oxygen atoms in total. The lowest BCUT2D eigenvalue weighted by molar-refractivity contribution is 0.0855. The van der Waals surface area contributed by atoms with Crippen molar-refractivity contribution in [3.8, 4) is 11.4 Å². The van der Waals surface area contributed by atoms with Gasteiger partial charge in [-0.2, -0.15) is 4.98 Å². The number of hydrogen-bond donors (Lipinski definition) is 3. The molecule has 0 atom stereocenters. The Bertz CT molecular complexity index is 1140. The molecule has 0 radical (unpaired) electrons. The molecule has 9 heteroatoms. The molecule has 3 aromatic rings. The second kappa shape index (κ2) is 10.2. The molecule has 0 saturated carbocycles. The summed E-state index contributed by atoms with van der Waals surface area (Å²) in [6.07, 6.45) is 2.34. The van der Waals surface area contributed by atoms with Crippen molar-refractivity contribution in [3.05, 3.63) is 54.9 Å². The smallest absolute Gasteiger partial charge is 0.405 e. The fourth-order valence-electron chi connectivity index (χ4n) is 5.09. The predicted molar refractivity (Wildman–Crippen MR) is 139 cm³/mol. The van der Waals surface area contributed by atoms with Crippen LogP contribution in [0.3, 0.4) is 0 Å². The van der Waals surface area contributed by atoms with Crippen LogP contribution in [0.4, 0.5) is 22.4 Å². The molecule has 3 N–H and O–H groups in total. The van der Waals surface area contributed by atoms with E-state index in [9.17, 15) is 9.90 Å². The third-order valence-electron chi connectivity index (χ3n) is 6.59. The number of amides is 1. The van der Waals surface area contributed by atoms with Crippen LogP contribution >= 0.6 is 0 Å². The highest BCUT2D eigenvalue weighted by molar-refractivity contribution is 5.67. The van der Waals surface area contributed by atoms with Crippen LogP contribution in [0.2, 0.25) is 0 Å². The molecule has 0 unspecified atom stereocenters. The van der Waals surface area contributed by atoms with Crippen LogP contribution in [-0.4, -0.2) is 49.3 Å². The first-order chi connectivity index (χ1) is 16.5. The van der Waals surface area contributed by atoms with E-state index < -0.39 is 17.2 Å². The van der Waals surface area contributed by atoms with Crippen LogP contribution in [-0.2, 0) is 0 Å². The van der Waals surface area contributed by atoms with Gasteiger partial charge in [0.15, 0.2) is 5.82 Å². The van der Waals surface area contributed by atoms with Crippen molar-refractivity contribution in [1.82, 2.24) is 25.3 Å². The van der Waals surface area contributed by atoms with Crippen molar-refractivity contribution < 1.29 is 9.90 Å². The minimum absolute atomic E-state index is 0.00406. The van der Waals surface area contributed by atoms with E-state index in [-0.39, 0.29) is 11.8 Å². The SMILES string of the molecule is CC(C)C(NC(=O)O)(C(C)C)C(C)(C)Nc1nccc(N(C)c2ccnc(-c3ccccc3)n2)n1. The van der Waals surface area contributed by atoms with Crippen LogP contribution < -0.4 is 15.5 Å². The lowest BCUT2D eigenvalue weighted by Gasteiger charge is -2.52. The maximum atomic E-state index is 11.8. The van der Waals surface area contributed by atoms with Crippen LogP contribution in [0, 0.1) is 11.8 Å². The molecule has 2 heterocycles. The quantitative estimate of drug-likeness (QED) is 0.385. The molecule has 3 rings (SSSR count). The molecule has 0 spiro atoms. The van der Waals surface area contributed by atoms with Crippen molar-refractivity contribution in [2.45, 2.75) is 52.6 Å². The molecular weight excluding hydrogens is 442 g/mol. The molecule has 1 aromatic carbocycles.